The Morgan fingerprint density at radius 1 is 1.08 bits per heavy atom. The van der Waals surface area contributed by atoms with E-state index in [-0.39, 0.29) is 10.7 Å². The van der Waals surface area contributed by atoms with Crippen molar-refractivity contribution in [1.82, 2.24) is 9.78 Å². The monoisotopic (exact) mass is 357 g/mol. The van der Waals surface area contributed by atoms with Gasteiger partial charge in [0.25, 0.3) is 5.69 Å². The van der Waals surface area contributed by atoms with Crippen LogP contribution in [0.3, 0.4) is 0 Å². The maximum Gasteiger partial charge on any atom is 0.435 e. The van der Waals surface area contributed by atoms with Gasteiger partial charge in [0.1, 0.15) is 11.5 Å². The van der Waals surface area contributed by atoms with Crippen LogP contribution >= 0.6 is 0 Å². The number of nitro groups is 1. The lowest BCUT2D eigenvalue weighted by atomic mass is 10.2. The highest BCUT2D eigenvalue weighted by Crippen LogP contribution is 2.35. The van der Waals surface area contributed by atoms with Crippen molar-refractivity contribution in [1.29, 1.82) is 0 Å². The standard InChI is InChI=1S/C12H6F7N3O2/c13-8-3-7(22(23)24)2-1-6(8)5-21-10(12(17,18)19)4-9(20-21)11(14,15)16/h1-4H,5H2. The van der Waals surface area contributed by atoms with E-state index in [1.807, 2.05) is 0 Å². The van der Waals surface area contributed by atoms with Crippen LogP contribution in [0.2, 0.25) is 0 Å². The molecule has 0 N–H and O–H groups in total. The van der Waals surface area contributed by atoms with Gasteiger partial charge in [-0.05, 0) is 6.07 Å². The van der Waals surface area contributed by atoms with Crippen LogP contribution in [0.25, 0.3) is 0 Å². The molecule has 0 aliphatic rings. The first-order chi connectivity index (χ1) is 10.9. The van der Waals surface area contributed by atoms with Crippen LogP contribution in [-0.4, -0.2) is 14.7 Å². The summed E-state index contributed by atoms with van der Waals surface area (Å²) in [6.45, 7) is -0.977. The molecule has 5 nitrogen and oxygen atoms in total. The number of halogens is 7. The smallest absolute Gasteiger partial charge is 0.258 e. The number of hydrogen-bond acceptors (Lipinski definition) is 3. The molecule has 0 radical (unpaired) electrons. The van der Waals surface area contributed by atoms with Gasteiger partial charge in [-0.15, -0.1) is 0 Å². The number of rotatable bonds is 3. The molecule has 2 aromatic rings. The van der Waals surface area contributed by atoms with Crippen molar-refractivity contribution in [2.45, 2.75) is 18.9 Å². The van der Waals surface area contributed by atoms with E-state index in [2.05, 4.69) is 5.10 Å². The summed E-state index contributed by atoms with van der Waals surface area (Å²) in [5, 5.41) is 13.3. The van der Waals surface area contributed by atoms with Crippen molar-refractivity contribution in [3.05, 3.63) is 57.1 Å². The fourth-order valence-corrected chi connectivity index (χ4v) is 1.84. The number of non-ortho nitro benzene ring substituents is 1. The van der Waals surface area contributed by atoms with Gasteiger partial charge in [0.2, 0.25) is 0 Å². The molecule has 0 unspecified atom stereocenters. The molecule has 1 aromatic carbocycles. The second-order valence-electron chi connectivity index (χ2n) is 4.60. The lowest BCUT2D eigenvalue weighted by molar-refractivity contribution is -0.385. The molecule has 0 fully saturated rings. The molecule has 1 heterocycles. The third kappa shape index (κ3) is 3.63. The average molecular weight is 357 g/mol. The van der Waals surface area contributed by atoms with Gasteiger partial charge in [-0.2, -0.15) is 31.4 Å². The zero-order valence-electron chi connectivity index (χ0n) is 11.3. The van der Waals surface area contributed by atoms with Crippen LogP contribution in [0.1, 0.15) is 17.0 Å². The summed E-state index contributed by atoms with van der Waals surface area (Å²) in [5.41, 5.74) is -4.63. The fourth-order valence-electron chi connectivity index (χ4n) is 1.84. The minimum absolute atomic E-state index is 0.0485. The Labute approximate surface area is 128 Å². The zero-order valence-corrected chi connectivity index (χ0v) is 11.3. The topological polar surface area (TPSA) is 61.0 Å². The van der Waals surface area contributed by atoms with Gasteiger partial charge in [-0.3, -0.25) is 14.8 Å². The maximum absolute atomic E-state index is 13.7. The Kier molecular flexibility index (Phi) is 4.25. The molecule has 0 saturated heterocycles. The second kappa shape index (κ2) is 5.76. The highest BCUT2D eigenvalue weighted by atomic mass is 19.4. The van der Waals surface area contributed by atoms with Gasteiger partial charge < -0.3 is 0 Å². The molecule has 130 valence electrons. The third-order valence-corrected chi connectivity index (χ3v) is 2.93. The van der Waals surface area contributed by atoms with Crippen molar-refractivity contribution in [2.24, 2.45) is 0 Å². The zero-order chi connectivity index (χ0) is 18.3. The summed E-state index contributed by atoms with van der Waals surface area (Å²) in [6, 6.07) is 1.89. The third-order valence-electron chi connectivity index (χ3n) is 2.93. The Morgan fingerprint density at radius 2 is 1.71 bits per heavy atom. The van der Waals surface area contributed by atoms with E-state index in [1.54, 1.807) is 0 Å². The quantitative estimate of drug-likeness (QED) is 0.474. The van der Waals surface area contributed by atoms with Crippen LogP contribution in [0.4, 0.5) is 36.4 Å². The Bertz CT molecular complexity index is 780. The molecule has 0 aliphatic carbocycles. The molecule has 0 aliphatic heterocycles. The van der Waals surface area contributed by atoms with Crippen LogP contribution in [0.15, 0.2) is 24.3 Å². The summed E-state index contributed by atoms with van der Waals surface area (Å²) in [5.74, 6) is -1.23. The van der Waals surface area contributed by atoms with Gasteiger partial charge in [-0.25, -0.2) is 4.39 Å². The summed E-state index contributed by atoms with van der Waals surface area (Å²) in [7, 11) is 0. The summed E-state index contributed by atoms with van der Waals surface area (Å²) in [4.78, 5) is 9.54. The van der Waals surface area contributed by atoms with Crippen molar-refractivity contribution in [3.8, 4) is 0 Å². The Hall–Kier alpha value is -2.66. The van der Waals surface area contributed by atoms with E-state index in [0.717, 1.165) is 12.1 Å². The summed E-state index contributed by atoms with van der Waals surface area (Å²) < 4.78 is 89.7. The molecule has 0 bridgehead atoms. The van der Waals surface area contributed by atoms with E-state index >= 15 is 0 Å². The van der Waals surface area contributed by atoms with E-state index in [1.165, 1.54) is 0 Å². The van der Waals surface area contributed by atoms with Crippen molar-refractivity contribution in [3.63, 3.8) is 0 Å². The number of nitro benzene ring substituents is 1. The minimum atomic E-state index is -5.15. The molecule has 0 saturated carbocycles. The number of nitrogens with zero attached hydrogens (tertiary/aromatic N) is 3. The molecule has 0 amide bonds. The van der Waals surface area contributed by atoms with Gasteiger partial charge in [0.05, 0.1) is 17.5 Å². The Balaban J connectivity index is 2.46. The predicted octanol–water partition coefficient (Wildman–Crippen LogP) is 4.02. The van der Waals surface area contributed by atoms with Crippen LogP contribution in [0, 0.1) is 15.9 Å². The van der Waals surface area contributed by atoms with Crippen LogP contribution < -0.4 is 0 Å². The van der Waals surface area contributed by atoms with Crippen LogP contribution in [0.5, 0.6) is 0 Å². The molecular weight excluding hydrogens is 351 g/mol. The maximum atomic E-state index is 13.7. The van der Waals surface area contributed by atoms with Gasteiger partial charge >= 0.3 is 12.4 Å². The van der Waals surface area contributed by atoms with Gasteiger partial charge in [0, 0.05) is 17.7 Å². The number of alkyl halides is 6. The summed E-state index contributed by atoms with van der Waals surface area (Å²) in [6.07, 6.45) is -10.3. The van der Waals surface area contributed by atoms with Crippen molar-refractivity contribution < 1.29 is 35.7 Å². The normalized spacial score (nSPS) is 12.5. The van der Waals surface area contributed by atoms with Crippen LogP contribution in [-0.2, 0) is 18.9 Å². The van der Waals surface area contributed by atoms with E-state index in [0.29, 0.717) is 6.07 Å². The molecule has 0 atom stereocenters. The van der Waals surface area contributed by atoms with Crippen molar-refractivity contribution in [2.75, 3.05) is 0 Å². The number of benzene rings is 1. The largest absolute Gasteiger partial charge is 0.435 e. The van der Waals surface area contributed by atoms with E-state index < -0.39 is 52.3 Å². The first-order valence-corrected chi connectivity index (χ1v) is 6.04. The molecule has 1 aromatic heterocycles. The minimum Gasteiger partial charge on any atom is -0.258 e. The average Bonchev–Trinajstić information content (AvgIpc) is 2.84. The van der Waals surface area contributed by atoms with Gasteiger partial charge in [-0.1, -0.05) is 0 Å². The lowest BCUT2D eigenvalue weighted by Crippen LogP contribution is -2.16. The molecular formula is C12H6F7N3O2. The van der Waals surface area contributed by atoms with Crippen molar-refractivity contribution >= 4 is 5.69 Å². The first kappa shape index (κ1) is 17.7. The fraction of sp³-hybridized carbons (Fsp3) is 0.250. The number of hydrogen-bond donors (Lipinski definition) is 0. The second-order valence-corrected chi connectivity index (χ2v) is 4.60. The SMILES string of the molecule is O=[N+]([O-])c1ccc(Cn2nc(C(F)(F)F)cc2C(F)(F)F)c(F)c1. The predicted molar refractivity (Wildman–Crippen MR) is 64.4 cm³/mol. The Morgan fingerprint density at radius 3 is 2.17 bits per heavy atom. The van der Waals surface area contributed by atoms with E-state index in [9.17, 15) is 40.8 Å². The molecule has 2 rings (SSSR count). The summed E-state index contributed by atoms with van der Waals surface area (Å²) >= 11 is 0. The lowest BCUT2D eigenvalue weighted by Gasteiger charge is -2.10. The number of aromatic nitrogens is 2. The van der Waals surface area contributed by atoms with E-state index in [4.69, 9.17) is 0 Å². The highest BCUT2D eigenvalue weighted by Gasteiger charge is 2.41. The molecule has 0 spiro atoms. The molecule has 12 heteroatoms. The molecule has 24 heavy (non-hydrogen) atoms. The first-order valence-electron chi connectivity index (χ1n) is 6.04. The highest BCUT2D eigenvalue weighted by molar-refractivity contribution is 5.34. The van der Waals surface area contributed by atoms with Gasteiger partial charge in [0.15, 0.2) is 5.69 Å².